The Hall–Kier alpha value is -1.53. The normalized spacial score (nSPS) is 15.6. The summed E-state index contributed by atoms with van der Waals surface area (Å²) in [6.45, 7) is 1.72. The summed E-state index contributed by atoms with van der Waals surface area (Å²) in [7, 11) is 0. The lowest BCUT2D eigenvalue weighted by Crippen LogP contribution is -2.25. The van der Waals surface area contributed by atoms with Gasteiger partial charge in [0.05, 0.1) is 24.3 Å². The predicted molar refractivity (Wildman–Crippen MR) is 49.4 cm³/mol. The van der Waals surface area contributed by atoms with E-state index < -0.39 is 6.10 Å². The van der Waals surface area contributed by atoms with E-state index in [0.29, 0.717) is 11.5 Å². The van der Waals surface area contributed by atoms with Gasteiger partial charge in [-0.3, -0.25) is 0 Å². The number of aromatic nitrogens is 4. The highest BCUT2D eigenvalue weighted by atomic mass is 16.3. The average Bonchev–Trinajstić information content (AvgIpc) is 2.60. The molecule has 2 aromatic rings. The van der Waals surface area contributed by atoms with Crippen LogP contribution < -0.4 is 5.73 Å². The van der Waals surface area contributed by atoms with Crippen LogP contribution >= 0.6 is 0 Å². The number of hydrogen-bond donors (Lipinski definition) is 2. The summed E-state index contributed by atoms with van der Waals surface area (Å²) in [5, 5.41) is 13.8. The van der Waals surface area contributed by atoms with Crippen molar-refractivity contribution in [2.24, 2.45) is 5.73 Å². The van der Waals surface area contributed by atoms with E-state index in [-0.39, 0.29) is 6.04 Å². The minimum atomic E-state index is -0.776. The molecule has 0 saturated carbocycles. The maximum absolute atomic E-state index is 9.73. The highest BCUT2D eigenvalue weighted by molar-refractivity contribution is 5.28. The molecule has 0 saturated heterocycles. The maximum atomic E-state index is 9.73. The fourth-order valence-corrected chi connectivity index (χ4v) is 1.22. The molecule has 2 aromatic heterocycles. The van der Waals surface area contributed by atoms with Gasteiger partial charge < -0.3 is 10.8 Å². The molecule has 0 bridgehead atoms. The molecule has 2 rings (SSSR count). The van der Waals surface area contributed by atoms with Gasteiger partial charge in [0.2, 0.25) is 0 Å². The monoisotopic (exact) mass is 193 g/mol. The summed E-state index contributed by atoms with van der Waals surface area (Å²) < 4.78 is 1.48. The lowest BCUT2D eigenvalue weighted by molar-refractivity contribution is 0.146. The van der Waals surface area contributed by atoms with Crippen molar-refractivity contribution in [3.05, 3.63) is 24.3 Å². The molecular formula is C8H11N5O. The van der Waals surface area contributed by atoms with Crippen molar-refractivity contribution in [2.45, 2.75) is 19.1 Å². The smallest absolute Gasteiger partial charge is 0.250 e. The van der Waals surface area contributed by atoms with Gasteiger partial charge in [-0.05, 0) is 6.92 Å². The third-order valence-electron chi connectivity index (χ3n) is 1.99. The molecule has 0 aromatic carbocycles. The van der Waals surface area contributed by atoms with E-state index in [9.17, 15) is 5.11 Å². The van der Waals surface area contributed by atoms with Crippen LogP contribution in [0, 0.1) is 0 Å². The second kappa shape index (κ2) is 3.32. The summed E-state index contributed by atoms with van der Waals surface area (Å²) in [6, 6.07) is -0.364. The fourth-order valence-electron chi connectivity index (χ4n) is 1.22. The van der Waals surface area contributed by atoms with E-state index in [1.165, 1.54) is 16.9 Å². The van der Waals surface area contributed by atoms with Crippen LogP contribution in [0.3, 0.4) is 0 Å². The third kappa shape index (κ3) is 1.34. The summed E-state index contributed by atoms with van der Waals surface area (Å²) in [6.07, 6.45) is 3.83. The molecule has 2 heterocycles. The first-order valence-electron chi connectivity index (χ1n) is 4.28. The van der Waals surface area contributed by atoms with Gasteiger partial charge in [0.25, 0.3) is 5.78 Å². The number of aliphatic hydroxyl groups is 1. The molecule has 74 valence electrons. The summed E-state index contributed by atoms with van der Waals surface area (Å²) >= 11 is 0. The number of hydrogen-bond acceptors (Lipinski definition) is 5. The van der Waals surface area contributed by atoms with Crippen molar-refractivity contribution < 1.29 is 5.11 Å². The number of rotatable bonds is 2. The van der Waals surface area contributed by atoms with Crippen molar-refractivity contribution in [1.82, 2.24) is 19.6 Å². The van der Waals surface area contributed by atoms with Gasteiger partial charge in [0, 0.05) is 6.04 Å². The van der Waals surface area contributed by atoms with Crippen LogP contribution in [0.25, 0.3) is 5.78 Å². The molecule has 6 nitrogen and oxygen atoms in total. The number of nitrogens with zero attached hydrogens (tertiary/aromatic N) is 4. The van der Waals surface area contributed by atoms with Crippen molar-refractivity contribution >= 4 is 5.78 Å². The van der Waals surface area contributed by atoms with Gasteiger partial charge in [-0.1, -0.05) is 0 Å². The van der Waals surface area contributed by atoms with Crippen LogP contribution in [0.2, 0.25) is 0 Å². The lowest BCUT2D eigenvalue weighted by Gasteiger charge is -2.12. The molecule has 2 atom stereocenters. The molecule has 6 heteroatoms. The van der Waals surface area contributed by atoms with Crippen LogP contribution in [-0.4, -0.2) is 30.7 Å². The van der Waals surface area contributed by atoms with Gasteiger partial charge in [0.1, 0.15) is 6.10 Å². The molecule has 0 aliphatic rings. The Morgan fingerprint density at radius 2 is 2.21 bits per heavy atom. The Morgan fingerprint density at radius 1 is 1.43 bits per heavy atom. The second-order valence-corrected chi connectivity index (χ2v) is 3.14. The predicted octanol–water partition coefficient (Wildman–Crippen LogP) is -0.495. The first-order chi connectivity index (χ1) is 6.70. The Bertz CT molecular complexity index is 438. The molecule has 0 radical (unpaired) electrons. The van der Waals surface area contributed by atoms with Gasteiger partial charge >= 0.3 is 0 Å². The first-order valence-corrected chi connectivity index (χ1v) is 4.28. The standard InChI is InChI=1S/C8H11N5O/c1-5(9)7(14)6-4-11-8-10-2-3-12-13(6)8/h2-5,7,14H,9H2,1H3. The Kier molecular flexibility index (Phi) is 2.14. The van der Waals surface area contributed by atoms with Crippen LogP contribution in [0.5, 0.6) is 0 Å². The Labute approximate surface area is 80.4 Å². The van der Waals surface area contributed by atoms with Crippen LogP contribution in [-0.2, 0) is 0 Å². The highest BCUT2D eigenvalue weighted by Crippen LogP contribution is 2.14. The van der Waals surface area contributed by atoms with Crippen LogP contribution in [0.15, 0.2) is 18.6 Å². The zero-order valence-electron chi connectivity index (χ0n) is 7.70. The maximum Gasteiger partial charge on any atom is 0.250 e. The van der Waals surface area contributed by atoms with E-state index in [0.717, 1.165) is 0 Å². The summed E-state index contributed by atoms with van der Waals surface area (Å²) in [4.78, 5) is 7.98. The molecule has 0 aliphatic heterocycles. The van der Waals surface area contributed by atoms with Gasteiger partial charge in [-0.2, -0.15) is 9.61 Å². The Morgan fingerprint density at radius 3 is 2.93 bits per heavy atom. The fraction of sp³-hybridized carbons (Fsp3) is 0.375. The van der Waals surface area contributed by atoms with Gasteiger partial charge in [-0.15, -0.1) is 0 Å². The largest absolute Gasteiger partial charge is 0.385 e. The molecule has 0 spiro atoms. The minimum Gasteiger partial charge on any atom is -0.385 e. The lowest BCUT2D eigenvalue weighted by atomic mass is 10.1. The second-order valence-electron chi connectivity index (χ2n) is 3.14. The minimum absolute atomic E-state index is 0.364. The molecule has 0 fully saturated rings. The van der Waals surface area contributed by atoms with E-state index in [2.05, 4.69) is 15.1 Å². The van der Waals surface area contributed by atoms with Crippen LogP contribution in [0.1, 0.15) is 18.7 Å². The zero-order valence-corrected chi connectivity index (χ0v) is 7.70. The number of nitrogens with two attached hydrogens (primary N) is 1. The first kappa shape index (κ1) is 9.04. The molecule has 14 heavy (non-hydrogen) atoms. The molecule has 0 amide bonds. The third-order valence-corrected chi connectivity index (χ3v) is 1.99. The number of imidazole rings is 1. The molecule has 0 aliphatic carbocycles. The quantitative estimate of drug-likeness (QED) is 0.671. The van der Waals surface area contributed by atoms with Crippen LogP contribution in [0.4, 0.5) is 0 Å². The molecule has 3 N–H and O–H groups in total. The van der Waals surface area contributed by atoms with E-state index in [1.807, 2.05) is 0 Å². The van der Waals surface area contributed by atoms with E-state index >= 15 is 0 Å². The number of fused-ring (bicyclic) bond motifs is 1. The Balaban J connectivity index is 2.53. The zero-order chi connectivity index (χ0) is 10.1. The topological polar surface area (TPSA) is 89.3 Å². The van der Waals surface area contributed by atoms with Crippen molar-refractivity contribution in [3.63, 3.8) is 0 Å². The molecule has 2 unspecified atom stereocenters. The van der Waals surface area contributed by atoms with Gasteiger partial charge in [0.15, 0.2) is 0 Å². The van der Waals surface area contributed by atoms with Crippen molar-refractivity contribution in [1.29, 1.82) is 0 Å². The van der Waals surface area contributed by atoms with Crippen molar-refractivity contribution in [2.75, 3.05) is 0 Å². The highest BCUT2D eigenvalue weighted by Gasteiger charge is 2.17. The van der Waals surface area contributed by atoms with E-state index in [4.69, 9.17) is 5.73 Å². The summed E-state index contributed by atoms with van der Waals surface area (Å²) in [5.74, 6) is 0.460. The van der Waals surface area contributed by atoms with E-state index in [1.54, 1.807) is 13.1 Å². The summed E-state index contributed by atoms with van der Waals surface area (Å²) in [5.41, 5.74) is 6.14. The molecular weight excluding hydrogens is 182 g/mol. The SMILES string of the molecule is CC(N)C(O)c1cnc2nccnn12. The number of aliphatic hydroxyl groups excluding tert-OH is 1. The van der Waals surface area contributed by atoms with Gasteiger partial charge in [-0.25, -0.2) is 9.97 Å². The van der Waals surface area contributed by atoms with Crippen molar-refractivity contribution in [3.8, 4) is 0 Å². The average molecular weight is 193 g/mol.